The van der Waals surface area contributed by atoms with Crippen LogP contribution in [0, 0.1) is 0 Å². The number of nitrogens with zero attached hydrogens (tertiary/aromatic N) is 1. The van der Waals surface area contributed by atoms with Crippen molar-refractivity contribution in [1.29, 1.82) is 0 Å². The molecule has 104 valence electrons. The summed E-state index contributed by atoms with van der Waals surface area (Å²) in [4.78, 5) is 23.1. The summed E-state index contributed by atoms with van der Waals surface area (Å²) in [6.45, 7) is 1.95. The zero-order valence-electron chi connectivity index (χ0n) is 10.2. The molecule has 0 saturated carbocycles. The number of carbonyl (C=O) groups excluding carboxylic acids is 2. The van der Waals surface area contributed by atoms with Crippen LogP contribution in [0.2, 0.25) is 0 Å². The van der Waals surface area contributed by atoms with E-state index in [1.54, 1.807) is 0 Å². The van der Waals surface area contributed by atoms with Crippen molar-refractivity contribution in [2.75, 3.05) is 13.1 Å². The first-order valence-electron chi connectivity index (χ1n) is 6.00. The largest absolute Gasteiger partial charge is 0.471 e. The number of halogens is 3. The van der Waals surface area contributed by atoms with E-state index in [0.29, 0.717) is 19.3 Å². The van der Waals surface area contributed by atoms with Crippen LogP contribution < -0.4 is 5.32 Å². The van der Waals surface area contributed by atoms with Gasteiger partial charge in [0.15, 0.2) is 0 Å². The molecule has 0 aromatic carbocycles. The number of likely N-dealkylation sites (tertiary alicyclic amines) is 1. The van der Waals surface area contributed by atoms with Crippen LogP contribution in [0.3, 0.4) is 0 Å². The van der Waals surface area contributed by atoms with E-state index in [4.69, 9.17) is 0 Å². The van der Waals surface area contributed by atoms with Crippen LogP contribution in [0.1, 0.15) is 32.6 Å². The second-order valence-electron chi connectivity index (χ2n) is 4.38. The Balaban J connectivity index is 2.37. The van der Waals surface area contributed by atoms with Crippen molar-refractivity contribution in [2.24, 2.45) is 0 Å². The first-order chi connectivity index (χ1) is 8.34. The Bertz CT molecular complexity index is 310. The van der Waals surface area contributed by atoms with Gasteiger partial charge in [-0.3, -0.25) is 9.59 Å². The first-order valence-corrected chi connectivity index (χ1v) is 6.00. The molecule has 0 radical (unpaired) electrons. The minimum absolute atomic E-state index is 0.0371. The van der Waals surface area contributed by atoms with E-state index in [-0.39, 0.29) is 25.0 Å². The summed E-state index contributed by atoms with van der Waals surface area (Å²) < 4.78 is 36.5. The van der Waals surface area contributed by atoms with Crippen molar-refractivity contribution in [3.05, 3.63) is 0 Å². The third kappa shape index (κ3) is 4.19. The molecule has 0 aromatic rings. The molecule has 0 atom stereocenters. The average Bonchev–Trinajstić information content (AvgIpc) is 2.28. The topological polar surface area (TPSA) is 49.4 Å². The van der Waals surface area contributed by atoms with Gasteiger partial charge in [-0.15, -0.1) is 0 Å². The average molecular weight is 266 g/mol. The predicted octanol–water partition coefficient (Wildman–Crippen LogP) is 1.46. The number of alkyl halides is 3. The van der Waals surface area contributed by atoms with E-state index in [9.17, 15) is 22.8 Å². The van der Waals surface area contributed by atoms with Crippen molar-refractivity contribution < 1.29 is 22.8 Å². The SMILES string of the molecule is CCCC(=O)NC1CCN(C(=O)C(F)(F)F)CC1. The minimum Gasteiger partial charge on any atom is -0.353 e. The van der Waals surface area contributed by atoms with Gasteiger partial charge in [0.05, 0.1) is 0 Å². The molecule has 0 bridgehead atoms. The highest BCUT2D eigenvalue weighted by atomic mass is 19.4. The molecule has 1 aliphatic rings. The summed E-state index contributed by atoms with van der Waals surface area (Å²) in [6.07, 6.45) is -2.91. The molecule has 1 heterocycles. The van der Waals surface area contributed by atoms with Crippen LogP contribution in [0.15, 0.2) is 0 Å². The van der Waals surface area contributed by atoms with Crippen LogP contribution in [0.25, 0.3) is 0 Å². The number of nitrogens with one attached hydrogen (secondary N) is 1. The first kappa shape index (κ1) is 14.8. The molecule has 1 aliphatic heterocycles. The summed E-state index contributed by atoms with van der Waals surface area (Å²) in [5.41, 5.74) is 0. The molecule has 0 aliphatic carbocycles. The number of carbonyl (C=O) groups is 2. The lowest BCUT2D eigenvalue weighted by Gasteiger charge is -2.32. The molecule has 1 N–H and O–H groups in total. The van der Waals surface area contributed by atoms with Gasteiger partial charge in [0, 0.05) is 25.6 Å². The van der Waals surface area contributed by atoms with Crippen LogP contribution in [-0.2, 0) is 9.59 Å². The Morgan fingerprint density at radius 1 is 1.28 bits per heavy atom. The lowest BCUT2D eigenvalue weighted by atomic mass is 10.0. The summed E-state index contributed by atoms with van der Waals surface area (Å²) >= 11 is 0. The molecule has 7 heteroatoms. The molecule has 1 saturated heterocycles. The lowest BCUT2D eigenvalue weighted by Crippen LogP contribution is -2.50. The van der Waals surface area contributed by atoms with Crippen LogP contribution in [0.4, 0.5) is 13.2 Å². The van der Waals surface area contributed by atoms with Crippen molar-refractivity contribution >= 4 is 11.8 Å². The molecular weight excluding hydrogens is 249 g/mol. The molecule has 2 amide bonds. The van der Waals surface area contributed by atoms with Gasteiger partial charge in [-0.2, -0.15) is 13.2 Å². The van der Waals surface area contributed by atoms with E-state index in [2.05, 4.69) is 5.32 Å². The summed E-state index contributed by atoms with van der Waals surface area (Å²) in [5.74, 6) is -1.88. The number of amides is 2. The maximum atomic E-state index is 12.2. The van der Waals surface area contributed by atoms with Gasteiger partial charge in [-0.25, -0.2) is 0 Å². The van der Waals surface area contributed by atoms with Crippen molar-refractivity contribution in [2.45, 2.75) is 44.8 Å². The number of hydrogen-bond acceptors (Lipinski definition) is 2. The van der Waals surface area contributed by atoms with Crippen molar-refractivity contribution in [3.8, 4) is 0 Å². The Morgan fingerprint density at radius 3 is 2.28 bits per heavy atom. The standard InChI is InChI=1S/C11H17F3N2O2/c1-2-3-9(17)15-8-4-6-16(7-5-8)10(18)11(12,13)14/h8H,2-7H2,1H3,(H,15,17). The second-order valence-corrected chi connectivity index (χ2v) is 4.38. The van der Waals surface area contributed by atoms with Crippen LogP contribution in [0.5, 0.6) is 0 Å². The smallest absolute Gasteiger partial charge is 0.353 e. The number of hydrogen-bond donors (Lipinski definition) is 1. The zero-order chi connectivity index (χ0) is 13.8. The number of piperidine rings is 1. The molecule has 0 spiro atoms. The van der Waals surface area contributed by atoms with Crippen LogP contribution >= 0.6 is 0 Å². The summed E-state index contributed by atoms with van der Waals surface area (Å²) in [5, 5.41) is 2.76. The van der Waals surface area contributed by atoms with Gasteiger partial charge >= 0.3 is 12.1 Å². The van der Waals surface area contributed by atoms with Gasteiger partial charge in [-0.1, -0.05) is 6.92 Å². The normalized spacial score (nSPS) is 17.7. The number of rotatable bonds is 3. The predicted molar refractivity (Wildman–Crippen MR) is 58.7 cm³/mol. The Hall–Kier alpha value is -1.27. The van der Waals surface area contributed by atoms with Gasteiger partial charge in [0.1, 0.15) is 0 Å². The molecule has 1 fully saturated rings. The fourth-order valence-corrected chi connectivity index (χ4v) is 1.93. The minimum atomic E-state index is -4.81. The highest BCUT2D eigenvalue weighted by Crippen LogP contribution is 2.21. The molecule has 18 heavy (non-hydrogen) atoms. The molecule has 0 aromatic heterocycles. The van der Waals surface area contributed by atoms with E-state index in [0.717, 1.165) is 11.3 Å². The van der Waals surface area contributed by atoms with Gasteiger partial charge < -0.3 is 10.2 Å². The quantitative estimate of drug-likeness (QED) is 0.840. The molecule has 0 unspecified atom stereocenters. The molecule has 1 rings (SSSR count). The summed E-state index contributed by atoms with van der Waals surface area (Å²) in [6, 6.07) is -0.124. The Kier molecular flexibility index (Phi) is 4.98. The van der Waals surface area contributed by atoms with Gasteiger partial charge in [-0.05, 0) is 19.3 Å². The fourth-order valence-electron chi connectivity index (χ4n) is 1.93. The van der Waals surface area contributed by atoms with Gasteiger partial charge in [0.25, 0.3) is 0 Å². The monoisotopic (exact) mass is 266 g/mol. The third-order valence-electron chi connectivity index (χ3n) is 2.87. The Morgan fingerprint density at radius 2 is 1.83 bits per heavy atom. The van der Waals surface area contributed by atoms with Gasteiger partial charge in [0.2, 0.25) is 5.91 Å². The molecular formula is C11H17F3N2O2. The maximum Gasteiger partial charge on any atom is 0.471 e. The zero-order valence-corrected chi connectivity index (χ0v) is 10.2. The molecule has 4 nitrogen and oxygen atoms in total. The van der Waals surface area contributed by atoms with Crippen LogP contribution in [-0.4, -0.2) is 42.0 Å². The third-order valence-corrected chi connectivity index (χ3v) is 2.87. The van der Waals surface area contributed by atoms with E-state index >= 15 is 0 Å². The Labute approximate surface area is 104 Å². The second kappa shape index (κ2) is 6.06. The summed E-state index contributed by atoms with van der Waals surface area (Å²) in [7, 11) is 0. The highest BCUT2D eigenvalue weighted by Gasteiger charge is 2.43. The van der Waals surface area contributed by atoms with E-state index in [1.165, 1.54) is 0 Å². The van der Waals surface area contributed by atoms with E-state index < -0.39 is 12.1 Å². The lowest BCUT2D eigenvalue weighted by molar-refractivity contribution is -0.186. The fraction of sp³-hybridized carbons (Fsp3) is 0.818. The van der Waals surface area contributed by atoms with Crippen molar-refractivity contribution in [1.82, 2.24) is 10.2 Å². The highest BCUT2D eigenvalue weighted by molar-refractivity contribution is 5.82. The van der Waals surface area contributed by atoms with E-state index in [1.807, 2.05) is 6.92 Å². The van der Waals surface area contributed by atoms with Crippen molar-refractivity contribution in [3.63, 3.8) is 0 Å². The maximum absolute atomic E-state index is 12.2.